The van der Waals surface area contributed by atoms with Crippen LogP contribution in [-0.2, 0) is 9.53 Å². The number of esters is 1. The number of fused-ring (bicyclic) bond motifs is 3. The molecule has 0 aromatic heterocycles. The molecule has 0 aliphatic heterocycles. The Kier molecular flexibility index (Phi) is 5.59. The molecule has 8 heteroatoms. The van der Waals surface area contributed by atoms with Crippen molar-refractivity contribution in [2.45, 2.75) is 0 Å². The Balaban J connectivity index is 1.67. The zero-order valence-electron chi connectivity index (χ0n) is 16.9. The number of hydrazone groups is 1. The van der Waals surface area contributed by atoms with Crippen molar-refractivity contribution in [1.29, 1.82) is 0 Å². The molecule has 1 aliphatic carbocycles. The van der Waals surface area contributed by atoms with Gasteiger partial charge in [-0.3, -0.25) is 20.3 Å². The predicted octanol–water partition coefficient (Wildman–Crippen LogP) is 3.86. The maximum absolute atomic E-state index is 12.6. The highest BCUT2D eigenvalue weighted by Gasteiger charge is 2.24. The highest BCUT2D eigenvalue weighted by Crippen LogP contribution is 2.36. The molecule has 3 aromatic rings. The lowest BCUT2D eigenvalue weighted by Crippen LogP contribution is -2.20. The number of nitro groups is 1. The van der Waals surface area contributed by atoms with Gasteiger partial charge in [-0.1, -0.05) is 48.5 Å². The van der Waals surface area contributed by atoms with Crippen LogP contribution >= 0.6 is 0 Å². The first-order valence-corrected chi connectivity index (χ1v) is 9.61. The molecular weight excluding hydrogens is 410 g/mol. The minimum atomic E-state index is -0.774. The number of nitro benzene ring substituents is 1. The summed E-state index contributed by atoms with van der Waals surface area (Å²) < 4.78 is 4.77. The van der Waals surface area contributed by atoms with Crippen LogP contribution in [0.4, 0.5) is 5.69 Å². The Hall–Kier alpha value is -4.59. The van der Waals surface area contributed by atoms with Gasteiger partial charge in [0.15, 0.2) is 5.78 Å². The van der Waals surface area contributed by atoms with Crippen LogP contribution in [0.15, 0.2) is 89.7 Å². The lowest BCUT2D eigenvalue weighted by Gasteiger charge is -2.07. The highest BCUT2D eigenvalue weighted by atomic mass is 16.6. The van der Waals surface area contributed by atoms with Gasteiger partial charge in [0.2, 0.25) is 0 Å². The molecule has 1 aliphatic rings. The van der Waals surface area contributed by atoms with E-state index in [4.69, 9.17) is 4.74 Å². The number of ketones is 1. The van der Waals surface area contributed by atoms with Gasteiger partial charge in [0.25, 0.3) is 5.69 Å². The molecule has 3 aromatic carbocycles. The number of methoxy groups -OCH3 is 1. The van der Waals surface area contributed by atoms with Crippen molar-refractivity contribution in [3.05, 3.63) is 111 Å². The zero-order valence-corrected chi connectivity index (χ0v) is 16.9. The molecule has 0 bridgehead atoms. The molecule has 1 N–H and O–H groups in total. The van der Waals surface area contributed by atoms with Crippen LogP contribution in [0.1, 0.15) is 21.5 Å². The van der Waals surface area contributed by atoms with Crippen LogP contribution in [0.2, 0.25) is 0 Å². The maximum atomic E-state index is 12.6. The number of carbonyl (C=O) groups is 2. The fraction of sp³-hybridized carbons (Fsp3) is 0.0417. The Morgan fingerprint density at radius 1 is 0.906 bits per heavy atom. The number of allylic oxidation sites excluding steroid dienone is 1. The van der Waals surface area contributed by atoms with E-state index in [-0.39, 0.29) is 16.9 Å². The molecule has 0 amide bonds. The van der Waals surface area contributed by atoms with Gasteiger partial charge in [0.05, 0.1) is 17.7 Å². The molecule has 0 heterocycles. The predicted molar refractivity (Wildman–Crippen MR) is 118 cm³/mol. The summed E-state index contributed by atoms with van der Waals surface area (Å²) in [5, 5.41) is 15.2. The van der Waals surface area contributed by atoms with Crippen molar-refractivity contribution >= 4 is 23.2 Å². The first-order valence-electron chi connectivity index (χ1n) is 9.61. The zero-order chi connectivity index (χ0) is 22.7. The van der Waals surface area contributed by atoms with E-state index < -0.39 is 16.7 Å². The molecule has 158 valence electrons. The van der Waals surface area contributed by atoms with E-state index in [0.29, 0.717) is 5.71 Å². The summed E-state index contributed by atoms with van der Waals surface area (Å²) in [5.74, 6) is -1.30. The Morgan fingerprint density at radius 3 is 1.94 bits per heavy atom. The molecular formula is C24H17N3O5. The van der Waals surface area contributed by atoms with Crippen molar-refractivity contribution in [1.82, 2.24) is 5.43 Å². The van der Waals surface area contributed by atoms with E-state index in [1.54, 1.807) is 0 Å². The van der Waals surface area contributed by atoms with Crippen molar-refractivity contribution in [2.75, 3.05) is 7.11 Å². The second-order valence-electron chi connectivity index (χ2n) is 6.88. The molecule has 32 heavy (non-hydrogen) atoms. The molecule has 0 unspecified atom stereocenters. The third-order valence-corrected chi connectivity index (χ3v) is 4.99. The average molecular weight is 427 g/mol. The van der Waals surface area contributed by atoms with Gasteiger partial charge < -0.3 is 4.74 Å². The minimum absolute atomic E-state index is 0.137. The number of carbonyl (C=O) groups excluding carboxylic acids is 2. The second-order valence-corrected chi connectivity index (χ2v) is 6.88. The van der Waals surface area contributed by atoms with E-state index in [2.05, 4.69) is 10.5 Å². The normalized spacial score (nSPS) is 11.9. The highest BCUT2D eigenvalue weighted by molar-refractivity contribution is 6.24. The summed E-state index contributed by atoms with van der Waals surface area (Å²) in [7, 11) is 1.20. The van der Waals surface area contributed by atoms with Crippen LogP contribution in [0, 0.1) is 10.1 Å². The number of ether oxygens (including phenoxy) is 1. The molecule has 0 saturated heterocycles. The van der Waals surface area contributed by atoms with Crippen LogP contribution < -0.4 is 5.43 Å². The minimum Gasteiger partial charge on any atom is -0.464 e. The smallest absolute Gasteiger partial charge is 0.356 e. The van der Waals surface area contributed by atoms with E-state index in [1.165, 1.54) is 31.4 Å². The van der Waals surface area contributed by atoms with Crippen molar-refractivity contribution in [3.63, 3.8) is 0 Å². The van der Waals surface area contributed by atoms with Gasteiger partial charge in [0, 0.05) is 34.9 Å². The average Bonchev–Trinajstić information content (AvgIpc) is 3.15. The fourth-order valence-corrected chi connectivity index (χ4v) is 3.44. The third-order valence-electron chi connectivity index (χ3n) is 4.99. The van der Waals surface area contributed by atoms with Crippen LogP contribution in [0.25, 0.3) is 11.1 Å². The number of hydrogen-bond acceptors (Lipinski definition) is 7. The van der Waals surface area contributed by atoms with Crippen LogP contribution in [0.3, 0.4) is 0 Å². The topological polar surface area (TPSA) is 111 Å². The summed E-state index contributed by atoms with van der Waals surface area (Å²) in [6.07, 6.45) is 1.06. The van der Waals surface area contributed by atoms with Gasteiger partial charge in [-0.15, -0.1) is 0 Å². The maximum Gasteiger partial charge on any atom is 0.356 e. The SMILES string of the molecule is COC(=O)C(=CC(=O)c1ccc([N+](=O)[O-])cc1)NN=C1c2ccccc2-c2ccccc21. The first-order chi connectivity index (χ1) is 15.5. The van der Waals surface area contributed by atoms with Crippen molar-refractivity contribution < 1.29 is 19.2 Å². The molecule has 0 radical (unpaired) electrons. The summed E-state index contributed by atoms with van der Waals surface area (Å²) >= 11 is 0. The van der Waals surface area contributed by atoms with Gasteiger partial charge >= 0.3 is 5.97 Å². The number of benzene rings is 3. The molecule has 0 fully saturated rings. The van der Waals surface area contributed by atoms with Gasteiger partial charge in [-0.25, -0.2) is 4.79 Å². The number of rotatable bonds is 6. The summed E-state index contributed by atoms with van der Waals surface area (Å²) in [6.45, 7) is 0. The van der Waals surface area contributed by atoms with E-state index in [0.717, 1.165) is 28.3 Å². The molecule has 0 atom stereocenters. The molecule has 4 rings (SSSR count). The van der Waals surface area contributed by atoms with Crippen LogP contribution in [0.5, 0.6) is 0 Å². The lowest BCUT2D eigenvalue weighted by molar-refractivity contribution is -0.384. The number of non-ortho nitro benzene ring substituents is 1. The Morgan fingerprint density at radius 2 is 1.44 bits per heavy atom. The van der Waals surface area contributed by atoms with E-state index in [1.807, 2.05) is 48.5 Å². The monoisotopic (exact) mass is 427 g/mol. The third kappa shape index (κ3) is 3.89. The largest absolute Gasteiger partial charge is 0.464 e. The van der Waals surface area contributed by atoms with Gasteiger partial charge in [0.1, 0.15) is 5.70 Å². The fourth-order valence-electron chi connectivity index (χ4n) is 3.44. The molecule has 0 saturated carbocycles. The standard InChI is InChI=1S/C24H17N3O5/c1-32-24(29)21(14-22(28)15-10-12-16(13-11-15)27(30)31)25-26-23-19-8-4-2-6-17(19)18-7-3-5-9-20(18)23/h2-14,25H,1H3. The number of nitrogens with zero attached hydrogens (tertiary/aromatic N) is 2. The second kappa shape index (κ2) is 8.65. The summed E-state index contributed by atoms with van der Waals surface area (Å²) in [6, 6.07) is 20.6. The van der Waals surface area contributed by atoms with Gasteiger partial charge in [-0.05, 0) is 23.3 Å². The number of nitrogens with one attached hydrogen (secondary N) is 1. The van der Waals surface area contributed by atoms with Gasteiger partial charge in [-0.2, -0.15) is 5.10 Å². The van der Waals surface area contributed by atoms with E-state index in [9.17, 15) is 19.7 Å². The first kappa shape index (κ1) is 20.7. The van der Waals surface area contributed by atoms with Crippen molar-refractivity contribution in [2.24, 2.45) is 5.10 Å². The summed E-state index contributed by atoms with van der Waals surface area (Å²) in [4.78, 5) is 35.1. The number of hydrogen-bond donors (Lipinski definition) is 1. The lowest BCUT2D eigenvalue weighted by atomic mass is 10.1. The quantitative estimate of drug-likeness (QED) is 0.164. The molecule has 0 spiro atoms. The summed E-state index contributed by atoms with van der Waals surface area (Å²) in [5.41, 5.74) is 7.02. The van der Waals surface area contributed by atoms with Crippen LogP contribution in [-0.4, -0.2) is 29.5 Å². The van der Waals surface area contributed by atoms with E-state index >= 15 is 0 Å². The Labute approximate surface area is 183 Å². The van der Waals surface area contributed by atoms with Crippen molar-refractivity contribution in [3.8, 4) is 11.1 Å². The molecule has 8 nitrogen and oxygen atoms in total. The Bertz CT molecular complexity index is 1250.